The predicted molar refractivity (Wildman–Crippen MR) is 121 cm³/mol. The Morgan fingerprint density at radius 1 is 0.909 bits per heavy atom. The summed E-state index contributed by atoms with van der Waals surface area (Å²) in [5.74, 6) is -0.419. The van der Waals surface area contributed by atoms with E-state index in [2.05, 4.69) is 10.6 Å². The molecular weight excluding hydrogens is 431 g/mol. The van der Waals surface area contributed by atoms with Gasteiger partial charge in [0.05, 0.1) is 5.56 Å². The normalized spacial score (nSPS) is 14.8. The molecule has 0 saturated carbocycles. The molecule has 1 aliphatic heterocycles. The lowest BCUT2D eigenvalue weighted by atomic mass is 10.1. The molecule has 4 rings (SSSR count). The molecule has 0 aromatic heterocycles. The van der Waals surface area contributed by atoms with E-state index in [9.17, 15) is 22.8 Å². The zero-order chi connectivity index (χ0) is 23.4. The van der Waals surface area contributed by atoms with Crippen molar-refractivity contribution in [2.75, 3.05) is 22.1 Å². The van der Waals surface area contributed by atoms with Crippen LogP contribution < -0.4 is 15.5 Å². The number of halogens is 3. The van der Waals surface area contributed by atoms with Crippen molar-refractivity contribution in [3.63, 3.8) is 0 Å². The van der Waals surface area contributed by atoms with E-state index >= 15 is 0 Å². The van der Waals surface area contributed by atoms with Gasteiger partial charge >= 0.3 is 6.18 Å². The van der Waals surface area contributed by atoms with Gasteiger partial charge in [-0.05, 0) is 54.4 Å². The van der Waals surface area contributed by atoms with E-state index in [0.29, 0.717) is 24.2 Å². The highest BCUT2D eigenvalue weighted by Crippen LogP contribution is 2.31. The highest BCUT2D eigenvalue weighted by atomic mass is 19.4. The number of carbonyl (C=O) groups is 2. The molecule has 1 heterocycles. The fourth-order valence-electron chi connectivity index (χ4n) is 3.76. The molecule has 3 aromatic rings. The number of alkyl halides is 3. The lowest BCUT2D eigenvalue weighted by Crippen LogP contribution is -2.27. The monoisotopic (exact) mass is 453 g/mol. The van der Waals surface area contributed by atoms with Crippen molar-refractivity contribution in [2.45, 2.75) is 25.1 Å². The van der Waals surface area contributed by atoms with E-state index in [4.69, 9.17) is 0 Å². The maximum atomic E-state index is 13.1. The average Bonchev–Trinajstić information content (AvgIpc) is 3.24. The maximum absolute atomic E-state index is 13.1. The second-order valence-electron chi connectivity index (χ2n) is 7.75. The van der Waals surface area contributed by atoms with Crippen molar-refractivity contribution in [1.29, 1.82) is 0 Å². The lowest BCUT2D eigenvalue weighted by molar-refractivity contribution is -0.137. The zero-order valence-corrected chi connectivity index (χ0v) is 17.6. The molecule has 1 atom stereocenters. The van der Waals surface area contributed by atoms with Crippen LogP contribution in [0.5, 0.6) is 0 Å². The molecule has 8 heteroatoms. The van der Waals surface area contributed by atoms with Gasteiger partial charge in [-0.2, -0.15) is 13.2 Å². The first-order valence-electron chi connectivity index (χ1n) is 10.5. The molecule has 1 fully saturated rings. The molecule has 0 aliphatic carbocycles. The zero-order valence-electron chi connectivity index (χ0n) is 17.6. The van der Waals surface area contributed by atoms with Gasteiger partial charge in [0.15, 0.2) is 0 Å². The number of rotatable bonds is 6. The fourth-order valence-corrected chi connectivity index (χ4v) is 3.76. The van der Waals surface area contributed by atoms with Crippen LogP contribution in [0, 0.1) is 0 Å². The summed E-state index contributed by atoms with van der Waals surface area (Å²) in [6.07, 6.45) is -3.15. The van der Waals surface area contributed by atoms with Crippen molar-refractivity contribution >= 4 is 28.9 Å². The molecule has 0 bridgehead atoms. The average molecular weight is 453 g/mol. The van der Waals surface area contributed by atoms with Crippen molar-refractivity contribution in [2.24, 2.45) is 0 Å². The molecule has 1 aliphatic rings. The minimum absolute atomic E-state index is 0.0560. The Hall–Kier alpha value is -3.81. The smallest absolute Gasteiger partial charge is 0.370 e. The molecule has 5 nitrogen and oxygen atoms in total. The Morgan fingerprint density at radius 3 is 2.27 bits per heavy atom. The summed E-state index contributed by atoms with van der Waals surface area (Å²) < 4.78 is 39.1. The van der Waals surface area contributed by atoms with E-state index < -0.39 is 23.7 Å². The number of amides is 2. The molecule has 1 unspecified atom stereocenters. The van der Waals surface area contributed by atoms with Gasteiger partial charge in [-0.3, -0.25) is 9.59 Å². The first-order valence-corrected chi connectivity index (χ1v) is 10.5. The van der Waals surface area contributed by atoms with E-state index in [0.717, 1.165) is 24.2 Å². The lowest BCUT2D eigenvalue weighted by Gasteiger charge is -2.21. The highest BCUT2D eigenvalue weighted by Gasteiger charge is 2.31. The molecule has 3 aromatic carbocycles. The van der Waals surface area contributed by atoms with Crippen molar-refractivity contribution in [3.8, 4) is 0 Å². The second kappa shape index (κ2) is 9.36. The standard InChI is InChI=1S/C25H22F3N3O2/c26-25(27,28)18-8-4-9-20(16-18)30-24(33)23(17-6-2-1-3-7-17)29-19-11-13-21(14-12-19)31-15-5-10-22(31)32/h1-4,6-9,11-14,16,23,29H,5,10,15H2,(H,30,33). The van der Waals surface area contributed by atoms with Crippen LogP contribution in [0.4, 0.5) is 30.2 Å². The van der Waals surface area contributed by atoms with E-state index in [-0.39, 0.29) is 11.6 Å². The topological polar surface area (TPSA) is 61.4 Å². The third-order valence-electron chi connectivity index (χ3n) is 5.42. The van der Waals surface area contributed by atoms with Gasteiger partial charge < -0.3 is 15.5 Å². The van der Waals surface area contributed by atoms with Crippen LogP contribution in [0.15, 0.2) is 78.9 Å². The maximum Gasteiger partial charge on any atom is 0.416 e. The van der Waals surface area contributed by atoms with Gasteiger partial charge in [0.2, 0.25) is 5.91 Å². The number of benzene rings is 3. The molecular formula is C25H22F3N3O2. The van der Waals surface area contributed by atoms with Crippen LogP contribution in [0.3, 0.4) is 0 Å². The Kier molecular flexibility index (Phi) is 6.35. The first-order chi connectivity index (χ1) is 15.8. The molecule has 2 N–H and O–H groups in total. The van der Waals surface area contributed by atoms with Gasteiger partial charge in [-0.1, -0.05) is 36.4 Å². The second-order valence-corrected chi connectivity index (χ2v) is 7.75. The molecule has 0 spiro atoms. The third kappa shape index (κ3) is 5.34. The van der Waals surface area contributed by atoms with Crippen LogP contribution >= 0.6 is 0 Å². The van der Waals surface area contributed by atoms with Gasteiger partial charge in [-0.25, -0.2) is 0 Å². The molecule has 1 saturated heterocycles. The largest absolute Gasteiger partial charge is 0.416 e. The Bertz CT molecular complexity index is 1130. The summed E-state index contributed by atoms with van der Waals surface area (Å²) in [6, 6.07) is 19.7. The molecule has 33 heavy (non-hydrogen) atoms. The Balaban J connectivity index is 1.55. The first kappa shape index (κ1) is 22.4. The number of carbonyl (C=O) groups excluding carboxylic acids is 2. The SMILES string of the molecule is O=C(Nc1cccc(C(F)(F)F)c1)C(Nc1ccc(N2CCCC2=O)cc1)c1ccccc1. The highest BCUT2D eigenvalue weighted by molar-refractivity contribution is 5.98. The number of hydrogen-bond acceptors (Lipinski definition) is 3. The number of anilines is 3. The number of nitrogens with zero attached hydrogens (tertiary/aromatic N) is 1. The van der Waals surface area contributed by atoms with E-state index in [1.807, 2.05) is 6.07 Å². The summed E-state index contributed by atoms with van der Waals surface area (Å²) in [4.78, 5) is 26.8. The van der Waals surface area contributed by atoms with Crippen LogP contribution in [-0.2, 0) is 15.8 Å². The summed E-state index contributed by atoms with van der Waals surface area (Å²) in [5.41, 5.74) is 1.30. The van der Waals surface area contributed by atoms with Crippen molar-refractivity contribution in [3.05, 3.63) is 90.0 Å². The van der Waals surface area contributed by atoms with Gasteiger partial charge in [0.25, 0.3) is 5.91 Å². The quantitative estimate of drug-likeness (QED) is 0.509. The van der Waals surface area contributed by atoms with Crippen LogP contribution in [0.2, 0.25) is 0 Å². The number of nitrogens with one attached hydrogen (secondary N) is 2. The van der Waals surface area contributed by atoms with Crippen LogP contribution in [0.25, 0.3) is 0 Å². The molecule has 0 radical (unpaired) electrons. The van der Waals surface area contributed by atoms with Gasteiger partial charge in [0, 0.05) is 30.0 Å². The van der Waals surface area contributed by atoms with Gasteiger partial charge in [-0.15, -0.1) is 0 Å². The number of hydrogen-bond donors (Lipinski definition) is 2. The van der Waals surface area contributed by atoms with Crippen molar-refractivity contribution in [1.82, 2.24) is 0 Å². The minimum atomic E-state index is -4.50. The third-order valence-corrected chi connectivity index (χ3v) is 5.42. The fraction of sp³-hybridized carbons (Fsp3) is 0.200. The summed E-state index contributed by atoms with van der Waals surface area (Å²) in [7, 11) is 0. The van der Waals surface area contributed by atoms with Crippen molar-refractivity contribution < 1.29 is 22.8 Å². The van der Waals surface area contributed by atoms with Gasteiger partial charge in [0.1, 0.15) is 6.04 Å². The Labute approximate surface area is 189 Å². The summed E-state index contributed by atoms with van der Waals surface area (Å²) >= 11 is 0. The Morgan fingerprint density at radius 2 is 1.64 bits per heavy atom. The molecule has 170 valence electrons. The molecule has 2 amide bonds. The van der Waals surface area contributed by atoms with Crippen LogP contribution in [-0.4, -0.2) is 18.4 Å². The summed E-state index contributed by atoms with van der Waals surface area (Å²) in [5, 5.41) is 5.73. The predicted octanol–water partition coefficient (Wildman–Crippen LogP) is 5.62. The van der Waals surface area contributed by atoms with E-state index in [1.54, 1.807) is 53.4 Å². The van der Waals surface area contributed by atoms with Crippen LogP contribution in [0.1, 0.15) is 30.0 Å². The van der Waals surface area contributed by atoms with E-state index in [1.165, 1.54) is 12.1 Å². The minimum Gasteiger partial charge on any atom is -0.370 e. The summed E-state index contributed by atoms with van der Waals surface area (Å²) in [6.45, 7) is 0.678.